The molecule has 0 heterocycles. The van der Waals surface area contributed by atoms with Crippen molar-refractivity contribution >= 4 is 31.3 Å². The quantitative estimate of drug-likeness (QED) is 0.755. The second-order valence-electron chi connectivity index (χ2n) is 4.45. The Morgan fingerprint density at radius 2 is 1.89 bits per heavy atom. The van der Waals surface area contributed by atoms with E-state index in [-0.39, 0.29) is 24.2 Å². The maximum absolute atomic E-state index is 11.1. The van der Waals surface area contributed by atoms with Gasteiger partial charge in [0.25, 0.3) is 0 Å². The van der Waals surface area contributed by atoms with Crippen LogP contribution in [0.5, 0.6) is 5.75 Å². The lowest BCUT2D eigenvalue weighted by atomic mass is 9.99. The van der Waals surface area contributed by atoms with Gasteiger partial charge in [-0.3, -0.25) is 0 Å². The zero-order valence-electron chi connectivity index (χ0n) is 10.3. The maximum atomic E-state index is 11.1. The molecule has 6 heteroatoms. The van der Waals surface area contributed by atoms with Crippen LogP contribution in [0, 0.1) is 11.8 Å². The van der Waals surface area contributed by atoms with Gasteiger partial charge in [-0.15, -0.1) is 0 Å². The number of para-hydroxylation sites is 1. The van der Waals surface area contributed by atoms with Crippen LogP contribution in [0.2, 0.25) is 5.02 Å². The highest BCUT2D eigenvalue weighted by molar-refractivity contribution is 8.13. The molecule has 3 nitrogen and oxygen atoms in total. The average Bonchev–Trinajstić information content (AvgIpc) is 2.24. The molecule has 0 aliphatic carbocycles. The van der Waals surface area contributed by atoms with Crippen molar-refractivity contribution in [3.05, 3.63) is 29.3 Å². The number of rotatable bonds is 6. The Labute approximate surface area is 117 Å². The second kappa shape index (κ2) is 6.64. The molecular weight excluding hydrogens is 295 g/mol. The molecule has 0 aromatic heterocycles. The minimum absolute atomic E-state index is 0.101. The van der Waals surface area contributed by atoms with Crippen LogP contribution in [0.15, 0.2) is 24.3 Å². The molecule has 0 aliphatic heterocycles. The molecule has 0 fully saturated rings. The van der Waals surface area contributed by atoms with Crippen LogP contribution in [0.3, 0.4) is 0 Å². The Bertz CT molecular complexity index is 486. The summed E-state index contributed by atoms with van der Waals surface area (Å²) in [6, 6.07) is 7.08. The van der Waals surface area contributed by atoms with Gasteiger partial charge < -0.3 is 4.74 Å². The standard InChI is InChI=1S/C12H16Cl2O3S/c1-9(2)10(8-18(14,15)16)7-17-12-6-4-3-5-11(12)13/h3-6,9-10H,7-8H2,1-2H3. The van der Waals surface area contributed by atoms with Crippen LogP contribution in [0.1, 0.15) is 13.8 Å². The fourth-order valence-corrected chi connectivity index (χ4v) is 3.12. The highest BCUT2D eigenvalue weighted by Gasteiger charge is 2.21. The van der Waals surface area contributed by atoms with Crippen molar-refractivity contribution in [3.63, 3.8) is 0 Å². The summed E-state index contributed by atoms with van der Waals surface area (Å²) in [4.78, 5) is 0. The molecule has 0 radical (unpaired) electrons. The normalized spacial score (nSPS) is 13.6. The van der Waals surface area contributed by atoms with Gasteiger partial charge >= 0.3 is 0 Å². The third kappa shape index (κ3) is 5.46. The van der Waals surface area contributed by atoms with Crippen molar-refractivity contribution in [1.82, 2.24) is 0 Å². The number of hydrogen-bond donors (Lipinski definition) is 0. The lowest BCUT2D eigenvalue weighted by Crippen LogP contribution is -2.24. The Balaban J connectivity index is 2.66. The Hall–Kier alpha value is -0.450. The Morgan fingerprint density at radius 3 is 2.39 bits per heavy atom. The highest BCUT2D eigenvalue weighted by Crippen LogP contribution is 2.25. The predicted molar refractivity (Wildman–Crippen MR) is 74.9 cm³/mol. The topological polar surface area (TPSA) is 43.4 Å². The first kappa shape index (κ1) is 15.6. The monoisotopic (exact) mass is 310 g/mol. The van der Waals surface area contributed by atoms with Crippen LogP contribution in [0.25, 0.3) is 0 Å². The van der Waals surface area contributed by atoms with Crippen LogP contribution in [-0.4, -0.2) is 20.8 Å². The van der Waals surface area contributed by atoms with E-state index in [4.69, 9.17) is 27.0 Å². The van der Waals surface area contributed by atoms with E-state index in [1.807, 2.05) is 19.9 Å². The molecule has 0 saturated heterocycles. The van der Waals surface area contributed by atoms with Gasteiger partial charge in [-0.25, -0.2) is 8.42 Å². The lowest BCUT2D eigenvalue weighted by Gasteiger charge is -2.20. The van der Waals surface area contributed by atoms with Crippen LogP contribution in [0.4, 0.5) is 0 Å². The SMILES string of the molecule is CC(C)C(COc1ccccc1Cl)CS(=O)(=O)Cl. The molecule has 0 spiro atoms. The molecule has 0 N–H and O–H groups in total. The van der Waals surface area contributed by atoms with Gasteiger partial charge in [-0.1, -0.05) is 37.6 Å². The van der Waals surface area contributed by atoms with E-state index in [9.17, 15) is 8.42 Å². The van der Waals surface area contributed by atoms with Gasteiger partial charge in [-0.05, 0) is 18.1 Å². The van der Waals surface area contributed by atoms with Gasteiger partial charge in [0.15, 0.2) is 0 Å². The molecule has 0 saturated carbocycles. The van der Waals surface area contributed by atoms with E-state index >= 15 is 0 Å². The summed E-state index contributed by atoms with van der Waals surface area (Å²) in [6.07, 6.45) is 0. The highest BCUT2D eigenvalue weighted by atomic mass is 35.7. The molecule has 0 bridgehead atoms. The van der Waals surface area contributed by atoms with E-state index in [0.29, 0.717) is 10.8 Å². The van der Waals surface area contributed by atoms with Gasteiger partial charge in [0.05, 0.1) is 17.4 Å². The van der Waals surface area contributed by atoms with E-state index in [2.05, 4.69) is 0 Å². The van der Waals surface area contributed by atoms with E-state index in [1.54, 1.807) is 18.2 Å². The van der Waals surface area contributed by atoms with Crippen LogP contribution >= 0.6 is 22.3 Å². The fraction of sp³-hybridized carbons (Fsp3) is 0.500. The smallest absolute Gasteiger partial charge is 0.233 e. The molecule has 1 atom stereocenters. The lowest BCUT2D eigenvalue weighted by molar-refractivity contribution is 0.225. The molecule has 1 rings (SSSR count). The Kier molecular flexibility index (Phi) is 5.76. The van der Waals surface area contributed by atoms with Crippen molar-refractivity contribution in [2.24, 2.45) is 11.8 Å². The second-order valence-corrected chi connectivity index (χ2v) is 7.68. The fourth-order valence-electron chi connectivity index (χ4n) is 1.45. The minimum atomic E-state index is -3.52. The predicted octanol–water partition coefficient (Wildman–Crippen LogP) is 3.56. The Morgan fingerprint density at radius 1 is 1.28 bits per heavy atom. The summed E-state index contributed by atoms with van der Waals surface area (Å²) in [5, 5.41) is 0.508. The first-order valence-corrected chi connectivity index (χ1v) is 8.45. The van der Waals surface area contributed by atoms with Gasteiger partial charge in [0.2, 0.25) is 9.05 Å². The number of benzene rings is 1. The van der Waals surface area contributed by atoms with E-state index < -0.39 is 9.05 Å². The number of halogens is 2. The summed E-state index contributed by atoms with van der Waals surface area (Å²) >= 11 is 5.95. The van der Waals surface area contributed by atoms with Crippen molar-refractivity contribution in [1.29, 1.82) is 0 Å². The molecule has 1 aromatic rings. The summed E-state index contributed by atoms with van der Waals surface area (Å²) in [5.74, 6) is 0.443. The van der Waals surface area contributed by atoms with Gasteiger partial charge in [0, 0.05) is 16.6 Å². The molecule has 0 amide bonds. The van der Waals surface area contributed by atoms with E-state index in [1.165, 1.54) is 0 Å². The van der Waals surface area contributed by atoms with E-state index in [0.717, 1.165) is 0 Å². The third-order valence-electron chi connectivity index (χ3n) is 2.65. The zero-order valence-corrected chi connectivity index (χ0v) is 12.6. The summed E-state index contributed by atoms with van der Waals surface area (Å²) in [5.41, 5.74) is 0. The maximum Gasteiger partial charge on any atom is 0.233 e. The number of hydrogen-bond acceptors (Lipinski definition) is 3. The van der Waals surface area contributed by atoms with Gasteiger partial charge in [-0.2, -0.15) is 0 Å². The van der Waals surface area contributed by atoms with Crippen molar-refractivity contribution < 1.29 is 13.2 Å². The summed E-state index contributed by atoms with van der Waals surface area (Å²) < 4.78 is 27.8. The van der Waals surface area contributed by atoms with Crippen molar-refractivity contribution in [2.75, 3.05) is 12.4 Å². The molecule has 18 heavy (non-hydrogen) atoms. The zero-order chi connectivity index (χ0) is 13.8. The molecular formula is C12H16Cl2O3S. The molecule has 0 aliphatic rings. The summed E-state index contributed by atoms with van der Waals surface area (Å²) in [6.45, 7) is 4.14. The largest absolute Gasteiger partial charge is 0.492 e. The van der Waals surface area contributed by atoms with Crippen LogP contribution < -0.4 is 4.74 Å². The summed E-state index contributed by atoms with van der Waals surface area (Å²) in [7, 11) is 1.75. The molecule has 1 unspecified atom stereocenters. The third-order valence-corrected chi connectivity index (χ3v) is 4.16. The van der Waals surface area contributed by atoms with Gasteiger partial charge in [0.1, 0.15) is 5.75 Å². The van der Waals surface area contributed by atoms with Crippen molar-refractivity contribution in [2.45, 2.75) is 13.8 Å². The first-order valence-electron chi connectivity index (χ1n) is 5.59. The van der Waals surface area contributed by atoms with Crippen LogP contribution in [-0.2, 0) is 9.05 Å². The number of ether oxygens (including phenoxy) is 1. The molecule has 1 aromatic carbocycles. The molecule has 102 valence electrons. The average molecular weight is 311 g/mol. The minimum Gasteiger partial charge on any atom is -0.492 e. The first-order chi connectivity index (χ1) is 8.29. The van der Waals surface area contributed by atoms with Crippen molar-refractivity contribution in [3.8, 4) is 5.75 Å².